The molecule has 1 aromatic heterocycles. The number of thiazole rings is 1. The molecular formula is C14H19N3O2S2. The molecule has 0 aliphatic heterocycles. The first-order chi connectivity index (χ1) is 9.70. The van der Waals surface area contributed by atoms with Crippen molar-refractivity contribution >= 4 is 27.0 Å². The first-order valence-electron chi connectivity index (χ1n) is 6.52. The maximum Gasteiger partial charge on any atom is 0.241 e. The van der Waals surface area contributed by atoms with Gasteiger partial charge in [-0.15, -0.1) is 11.3 Å². The molecule has 1 aromatic carbocycles. The van der Waals surface area contributed by atoms with Crippen LogP contribution < -0.4 is 10.5 Å². The SMILES string of the molecule is Cc1csc(C(C)NS(=O)(=O)c2cc(N)cc(C)c2C)n1. The average Bonchev–Trinajstić information content (AvgIpc) is 2.80. The average molecular weight is 325 g/mol. The second-order valence-electron chi connectivity index (χ2n) is 5.13. The molecule has 0 spiro atoms. The lowest BCUT2D eigenvalue weighted by Crippen LogP contribution is -2.27. The number of aromatic nitrogens is 1. The van der Waals surface area contributed by atoms with E-state index < -0.39 is 10.0 Å². The third-order valence-electron chi connectivity index (χ3n) is 3.27. The van der Waals surface area contributed by atoms with Gasteiger partial charge in [-0.25, -0.2) is 18.1 Å². The fourth-order valence-electron chi connectivity index (χ4n) is 2.05. The third-order valence-corrected chi connectivity index (χ3v) is 6.08. The quantitative estimate of drug-likeness (QED) is 0.846. The molecule has 5 nitrogen and oxygen atoms in total. The van der Waals surface area contributed by atoms with E-state index in [0.29, 0.717) is 11.3 Å². The Hall–Kier alpha value is -1.44. The van der Waals surface area contributed by atoms with Gasteiger partial charge >= 0.3 is 0 Å². The molecule has 21 heavy (non-hydrogen) atoms. The topological polar surface area (TPSA) is 85.1 Å². The molecule has 1 heterocycles. The Morgan fingerprint density at radius 3 is 2.52 bits per heavy atom. The van der Waals surface area contributed by atoms with Gasteiger partial charge in [-0.1, -0.05) is 0 Å². The van der Waals surface area contributed by atoms with Crippen molar-refractivity contribution in [2.75, 3.05) is 5.73 Å². The van der Waals surface area contributed by atoms with E-state index in [1.807, 2.05) is 19.2 Å². The lowest BCUT2D eigenvalue weighted by atomic mass is 10.1. The van der Waals surface area contributed by atoms with Crippen LogP contribution in [0, 0.1) is 20.8 Å². The Bertz CT molecular complexity index is 767. The fourth-order valence-corrected chi connectivity index (χ4v) is 4.49. The van der Waals surface area contributed by atoms with Crippen LogP contribution in [0.5, 0.6) is 0 Å². The number of sulfonamides is 1. The largest absolute Gasteiger partial charge is 0.399 e. The zero-order valence-corrected chi connectivity index (χ0v) is 14.1. The highest BCUT2D eigenvalue weighted by Crippen LogP contribution is 2.25. The van der Waals surface area contributed by atoms with Crippen molar-refractivity contribution in [2.24, 2.45) is 0 Å². The summed E-state index contributed by atoms with van der Waals surface area (Å²) in [5, 5.41) is 2.64. The summed E-state index contributed by atoms with van der Waals surface area (Å²) < 4.78 is 27.8. The van der Waals surface area contributed by atoms with Gasteiger partial charge < -0.3 is 5.73 Å². The Balaban J connectivity index is 2.35. The molecule has 7 heteroatoms. The Morgan fingerprint density at radius 1 is 1.29 bits per heavy atom. The van der Waals surface area contributed by atoms with Crippen molar-refractivity contribution in [2.45, 2.75) is 38.6 Å². The van der Waals surface area contributed by atoms with Gasteiger partial charge in [0.2, 0.25) is 10.0 Å². The van der Waals surface area contributed by atoms with Crippen LogP contribution in [-0.4, -0.2) is 13.4 Å². The first-order valence-corrected chi connectivity index (χ1v) is 8.88. The smallest absolute Gasteiger partial charge is 0.241 e. The third kappa shape index (κ3) is 3.42. The van der Waals surface area contributed by atoms with Gasteiger partial charge in [0.1, 0.15) is 5.01 Å². The molecule has 0 radical (unpaired) electrons. The first kappa shape index (κ1) is 15.9. The number of nitrogens with one attached hydrogen (secondary N) is 1. The van der Waals surface area contributed by atoms with E-state index in [4.69, 9.17) is 5.73 Å². The van der Waals surface area contributed by atoms with Crippen molar-refractivity contribution in [3.05, 3.63) is 39.3 Å². The molecule has 2 aromatic rings. The van der Waals surface area contributed by atoms with Crippen LogP contribution in [0.4, 0.5) is 5.69 Å². The molecule has 114 valence electrons. The maximum atomic E-state index is 12.6. The van der Waals surface area contributed by atoms with E-state index in [1.165, 1.54) is 17.4 Å². The number of anilines is 1. The molecule has 0 bridgehead atoms. The maximum absolute atomic E-state index is 12.6. The van der Waals surface area contributed by atoms with Crippen LogP contribution in [0.25, 0.3) is 0 Å². The molecule has 2 rings (SSSR count). The minimum atomic E-state index is -3.64. The van der Waals surface area contributed by atoms with E-state index in [1.54, 1.807) is 19.9 Å². The second kappa shape index (κ2) is 5.75. The summed E-state index contributed by atoms with van der Waals surface area (Å²) in [5.74, 6) is 0. The summed E-state index contributed by atoms with van der Waals surface area (Å²) in [4.78, 5) is 4.54. The van der Waals surface area contributed by atoms with E-state index in [2.05, 4.69) is 9.71 Å². The van der Waals surface area contributed by atoms with Gasteiger partial charge in [0, 0.05) is 16.8 Å². The minimum Gasteiger partial charge on any atom is -0.399 e. The van der Waals surface area contributed by atoms with Gasteiger partial charge in [0.15, 0.2) is 0 Å². The summed E-state index contributed by atoms with van der Waals surface area (Å²) in [5.41, 5.74) is 8.66. The van der Waals surface area contributed by atoms with E-state index >= 15 is 0 Å². The Morgan fingerprint density at radius 2 is 1.95 bits per heavy atom. The van der Waals surface area contributed by atoms with Gasteiger partial charge in [-0.05, 0) is 51.0 Å². The minimum absolute atomic E-state index is 0.222. The zero-order chi connectivity index (χ0) is 15.8. The van der Waals surface area contributed by atoms with Crippen molar-refractivity contribution in [3.8, 4) is 0 Å². The molecule has 0 saturated carbocycles. The number of aryl methyl sites for hydroxylation is 2. The lowest BCUT2D eigenvalue weighted by molar-refractivity contribution is 0.565. The number of nitrogens with zero attached hydrogens (tertiary/aromatic N) is 1. The van der Waals surface area contributed by atoms with Gasteiger partial charge in [-0.2, -0.15) is 0 Å². The van der Waals surface area contributed by atoms with Crippen LogP contribution >= 0.6 is 11.3 Å². The summed E-state index contributed by atoms with van der Waals surface area (Å²) in [6.07, 6.45) is 0. The highest BCUT2D eigenvalue weighted by molar-refractivity contribution is 7.89. The molecule has 1 atom stereocenters. The van der Waals surface area contributed by atoms with Crippen molar-refractivity contribution in [3.63, 3.8) is 0 Å². The zero-order valence-electron chi connectivity index (χ0n) is 12.5. The number of rotatable bonds is 4. The van der Waals surface area contributed by atoms with Crippen LogP contribution in [-0.2, 0) is 10.0 Å². The van der Waals surface area contributed by atoms with E-state index in [9.17, 15) is 8.42 Å². The molecular weight excluding hydrogens is 306 g/mol. The standard InChI is InChI=1S/C14H19N3O2S2/c1-8-5-12(15)6-13(10(8)3)21(18,19)17-11(4)14-16-9(2)7-20-14/h5-7,11,17H,15H2,1-4H3. The Labute approximate surface area is 129 Å². The Kier molecular flexibility index (Phi) is 4.36. The molecule has 0 saturated heterocycles. The van der Waals surface area contributed by atoms with Crippen molar-refractivity contribution < 1.29 is 8.42 Å². The van der Waals surface area contributed by atoms with Crippen LogP contribution in [0.1, 0.15) is 34.8 Å². The lowest BCUT2D eigenvalue weighted by Gasteiger charge is -2.15. The van der Waals surface area contributed by atoms with E-state index in [-0.39, 0.29) is 10.9 Å². The predicted molar refractivity (Wildman–Crippen MR) is 85.9 cm³/mol. The van der Waals surface area contributed by atoms with Crippen LogP contribution in [0.15, 0.2) is 22.4 Å². The summed E-state index contributed by atoms with van der Waals surface area (Å²) in [7, 11) is -3.64. The van der Waals surface area contributed by atoms with Gasteiger partial charge in [0.25, 0.3) is 0 Å². The van der Waals surface area contributed by atoms with Crippen LogP contribution in [0.2, 0.25) is 0 Å². The fraction of sp³-hybridized carbons (Fsp3) is 0.357. The second-order valence-corrected chi connectivity index (χ2v) is 7.70. The molecule has 3 N–H and O–H groups in total. The number of hydrogen-bond donors (Lipinski definition) is 2. The molecule has 0 aliphatic carbocycles. The monoisotopic (exact) mass is 325 g/mol. The van der Waals surface area contributed by atoms with Crippen molar-refractivity contribution in [1.29, 1.82) is 0 Å². The number of nitrogen functional groups attached to an aromatic ring is 1. The number of hydrogen-bond acceptors (Lipinski definition) is 5. The van der Waals surface area contributed by atoms with Crippen molar-refractivity contribution in [1.82, 2.24) is 9.71 Å². The van der Waals surface area contributed by atoms with E-state index in [0.717, 1.165) is 16.3 Å². The highest BCUT2D eigenvalue weighted by Gasteiger charge is 2.22. The van der Waals surface area contributed by atoms with Crippen LogP contribution in [0.3, 0.4) is 0 Å². The molecule has 0 amide bonds. The summed E-state index contributed by atoms with van der Waals surface area (Å²) in [6, 6.07) is 2.88. The van der Waals surface area contributed by atoms with Gasteiger partial charge in [0.05, 0.1) is 10.9 Å². The van der Waals surface area contributed by atoms with Gasteiger partial charge in [-0.3, -0.25) is 0 Å². The summed E-state index contributed by atoms with van der Waals surface area (Å²) in [6.45, 7) is 7.29. The molecule has 1 unspecified atom stereocenters. The molecule has 0 fully saturated rings. The highest BCUT2D eigenvalue weighted by atomic mass is 32.2. The number of nitrogens with two attached hydrogens (primary N) is 1. The normalized spacial score (nSPS) is 13.3. The number of benzene rings is 1. The predicted octanol–water partition coefficient (Wildman–Crippen LogP) is 2.69. The molecule has 0 aliphatic rings. The summed E-state index contributed by atoms with van der Waals surface area (Å²) >= 11 is 1.44.